The number of carbonyl (C=O) groups excluding carboxylic acids is 2. The molecule has 0 spiro atoms. The largest absolute Gasteiger partial charge is 0.293 e. The van der Waals surface area contributed by atoms with Crippen LogP contribution in [-0.4, -0.2) is 11.6 Å². The molecule has 0 N–H and O–H groups in total. The van der Waals surface area contributed by atoms with Crippen molar-refractivity contribution in [3.63, 3.8) is 0 Å². The van der Waals surface area contributed by atoms with E-state index in [1.54, 1.807) is 0 Å². The fourth-order valence-electron chi connectivity index (χ4n) is 4.01. The number of ketones is 2. The molecule has 0 aliphatic heterocycles. The summed E-state index contributed by atoms with van der Waals surface area (Å²) in [5.74, 6) is -0.148. The van der Waals surface area contributed by atoms with Crippen molar-refractivity contribution in [1.29, 1.82) is 0 Å². The molecule has 0 radical (unpaired) electrons. The number of rotatable bonds is 0. The number of carbonyl (C=O) groups is 2. The Morgan fingerprint density at radius 1 is 0.704 bits per heavy atom. The third-order valence-corrected chi connectivity index (χ3v) is 5.68. The summed E-state index contributed by atoms with van der Waals surface area (Å²) in [5.41, 5.74) is 4.78. The van der Waals surface area contributed by atoms with Crippen LogP contribution in [-0.2, 0) is 9.59 Å². The second kappa shape index (κ2) is 5.77. The van der Waals surface area contributed by atoms with Gasteiger partial charge >= 0.3 is 0 Å². The number of hydrogen-bond acceptors (Lipinski definition) is 2. The second-order valence-corrected chi connectivity index (χ2v) is 11.1. The zero-order valence-electron chi connectivity index (χ0n) is 18.2. The van der Waals surface area contributed by atoms with E-state index in [2.05, 4.69) is 68.4 Å². The minimum Gasteiger partial charge on any atom is -0.293 e. The molecular weight excluding hydrogens is 332 g/mol. The molecule has 3 aliphatic carbocycles. The highest BCUT2D eigenvalue weighted by Crippen LogP contribution is 2.48. The molecule has 2 heteroatoms. The van der Waals surface area contributed by atoms with Crippen LogP contribution in [0.4, 0.5) is 0 Å². The SMILES string of the molecule is CC(C)(C)C1=CC2C(=O)C(C(C)(C)C)=CC3=C2C(=C1)C(=O)C(C(C)(C)C)=C3. The highest BCUT2D eigenvalue weighted by molar-refractivity contribution is 6.18. The van der Waals surface area contributed by atoms with Crippen LogP contribution in [0.25, 0.3) is 0 Å². The number of Topliss-reactive ketones (excluding diaryl/α,β-unsaturated/α-hetero) is 2. The quantitative estimate of drug-likeness (QED) is 0.534. The van der Waals surface area contributed by atoms with Crippen molar-refractivity contribution in [1.82, 2.24) is 0 Å². The van der Waals surface area contributed by atoms with E-state index in [0.29, 0.717) is 5.57 Å². The Labute approximate surface area is 163 Å². The van der Waals surface area contributed by atoms with Crippen LogP contribution in [0.15, 0.2) is 57.7 Å². The van der Waals surface area contributed by atoms with Gasteiger partial charge < -0.3 is 0 Å². The highest BCUT2D eigenvalue weighted by Gasteiger charge is 2.43. The lowest BCUT2D eigenvalue weighted by molar-refractivity contribution is -0.118. The fraction of sp³-hybridized carbons (Fsp3) is 0.520. The molecule has 0 aromatic rings. The molecule has 0 aromatic heterocycles. The molecule has 0 fully saturated rings. The average Bonchev–Trinajstić information content (AvgIpc) is 2.49. The van der Waals surface area contributed by atoms with Crippen molar-refractivity contribution in [2.45, 2.75) is 62.3 Å². The van der Waals surface area contributed by atoms with Gasteiger partial charge in [0.2, 0.25) is 0 Å². The Kier molecular flexibility index (Phi) is 4.23. The normalized spacial score (nSPS) is 23.5. The van der Waals surface area contributed by atoms with Gasteiger partial charge in [-0.3, -0.25) is 9.59 Å². The predicted octanol–water partition coefficient (Wildman–Crippen LogP) is 5.92. The molecule has 2 nitrogen and oxygen atoms in total. The molecule has 1 unspecified atom stereocenters. The van der Waals surface area contributed by atoms with Crippen LogP contribution < -0.4 is 0 Å². The van der Waals surface area contributed by atoms with E-state index in [4.69, 9.17) is 0 Å². The lowest BCUT2D eigenvalue weighted by Crippen LogP contribution is -2.35. The first-order valence-electron chi connectivity index (χ1n) is 9.84. The molecule has 0 heterocycles. The standard InChI is InChI=1S/C25H32O2/c1-23(2,3)15-12-16-20-14(10-18(21(16)26)24(4,5)6)11-19(25(7,8)9)22(27)17(20)13-15/h10-13,16H,1-9H3. The lowest BCUT2D eigenvalue weighted by atomic mass is 9.63. The first-order valence-corrected chi connectivity index (χ1v) is 9.84. The molecule has 0 aromatic carbocycles. The molecule has 0 saturated heterocycles. The van der Waals surface area contributed by atoms with Gasteiger partial charge in [-0.05, 0) is 51.2 Å². The van der Waals surface area contributed by atoms with E-state index in [9.17, 15) is 9.59 Å². The van der Waals surface area contributed by atoms with Gasteiger partial charge in [-0.15, -0.1) is 0 Å². The lowest BCUT2D eigenvalue weighted by Gasteiger charge is -2.39. The van der Waals surface area contributed by atoms with Crippen LogP contribution in [0.5, 0.6) is 0 Å². The topological polar surface area (TPSA) is 34.1 Å². The molecule has 0 bridgehead atoms. The van der Waals surface area contributed by atoms with Gasteiger partial charge in [-0.1, -0.05) is 68.4 Å². The summed E-state index contributed by atoms with van der Waals surface area (Å²) in [5, 5.41) is 0. The molecule has 3 rings (SSSR count). The summed E-state index contributed by atoms with van der Waals surface area (Å²) in [4.78, 5) is 26.8. The van der Waals surface area contributed by atoms with Crippen molar-refractivity contribution in [2.75, 3.05) is 0 Å². The third-order valence-electron chi connectivity index (χ3n) is 5.68. The molecule has 144 valence electrons. The first-order chi connectivity index (χ1) is 12.1. The van der Waals surface area contributed by atoms with Gasteiger partial charge in [0, 0.05) is 16.7 Å². The maximum atomic E-state index is 13.4. The van der Waals surface area contributed by atoms with Gasteiger partial charge in [-0.2, -0.15) is 0 Å². The van der Waals surface area contributed by atoms with Crippen molar-refractivity contribution < 1.29 is 9.59 Å². The minimum absolute atomic E-state index is 0.0708. The van der Waals surface area contributed by atoms with Gasteiger partial charge in [0.05, 0.1) is 5.92 Å². The van der Waals surface area contributed by atoms with Crippen LogP contribution in [0.3, 0.4) is 0 Å². The van der Waals surface area contributed by atoms with Crippen molar-refractivity contribution >= 4 is 11.6 Å². The Hall–Kier alpha value is -1.96. The van der Waals surface area contributed by atoms with Crippen molar-refractivity contribution in [2.24, 2.45) is 22.2 Å². The van der Waals surface area contributed by atoms with Gasteiger partial charge in [0.15, 0.2) is 11.6 Å². The summed E-state index contributed by atoms with van der Waals surface area (Å²) in [6, 6.07) is 0. The molecule has 3 aliphatic rings. The van der Waals surface area contributed by atoms with E-state index in [-0.39, 0.29) is 33.7 Å². The summed E-state index contributed by atoms with van der Waals surface area (Å²) in [6.45, 7) is 18.9. The Morgan fingerprint density at radius 3 is 1.70 bits per heavy atom. The monoisotopic (exact) mass is 364 g/mol. The third kappa shape index (κ3) is 3.24. The number of hydrogen-bond donors (Lipinski definition) is 0. The van der Waals surface area contributed by atoms with Crippen LogP contribution >= 0.6 is 0 Å². The second-order valence-electron chi connectivity index (χ2n) is 11.1. The maximum absolute atomic E-state index is 13.4. The van der Waals surface area contributed by atoms with Crippen LogP contribution in [0, 0.1) is 22.2 Å². The van der Waals surface area contributed by atoms with Crippen molar-refractivity contribution in [3.05, 3.63) is 57.7 Å². The molecule has 27 heavy (non-hydrogen) atoms. The Balaban J connectivity index is 2.34. The van der Waals surface area contributed by atoms with E-state index in [0.717, 1.165) is 27.9 Å². The van der Waals surface area contributed by atoms with Gasteiger partial charge in [-0.25, -0.2) is 0 Å². The van der Waals surface area contributed by atoms with Crippen LogP contribution in [0.2, 0.25) is 0 Å². The zero-order chi connectivity index (χ0) is 20.5. The highest BCUT2D eigenvalue weighted by atomic mass is 16.1. The molecule has 0 saturated carbocycles. The van der Waals surface area contributed by atoms with Crippen molar-refractivity contribution in [3.8, 4) is 0 Å². The zero-order valence-corrected chi connectivity index (χ0v) is 18.2. The van der Waals surface area contributed by atoms with Gasteiger partial charge in [0.25, 0.3) is 0 Å². The predicted molar refractivity (Wildman–Crippen MR) is 111 cm³/mol. The van der Waals surface area contributed by atoms with E-state index < -0.39 is 0 Å². The van der Waals surface area contributed by atoms with E-state index in [1.807, 2.05) is 18.2 Å². The smallest absolute Gasteiger partial charge is 0.189 e. The summed E-state index contributed by atoms with van der Waals surface area (Å²) in [6.07, 6.45) is 8.16. The van der Waals surface area contributed by atoms with Crippen LogP contribution in [0.1, 0.15) is 62.3 Å². The van der Waals surface area contributed by atoms with Gasteiger partial charge in [0.1, 0.15) is 0 Å². The summed E-state index contributed by atoms with van der Waals surface area (Å²) < 4.78 is 0. The fourth-order valence-corrected chi connectivity index (χ4v) is 4.01. The Morgan fingerprint density at radius 2 is 1.22 bits per heavy atom. The first kappa shape index (κ1) is 19.8. The molecule has 1 atom stereocenters. The maximum Gasteiger partial charge on any atom is 0.189 e. The molecular formula is C25H32O2. The number of allylic oxidation sites excluding steroid dienone is 10. The summed E-state index contributed by atoms with van der Waals surface area (Å²) >= 11 is 0. The van der Waals surface area contributed by atoms with E-state index in [1.165, 1.54) is 0 Å². The minimum atomic E-state index is -0.352. The Bertz CT molecular complexity index is 887. The average molecular weight is 365 g/mol. The van der Waals surface area contributed by atoms with E-state index >= 15 is 0 Å². The summed E-state index contributed by atoms with van der Waals surface area (Å²) in [7, 11) is 0. The molecule has 0 amide bonds.